The third kappa shape index (κ3) is 2.97. The molecule has 0 aliphatic rings. The summed E-state index contributed by atoms with van der Waals surface area (Å²) in [4.78, 5) is 57.8. The minimum atomic E-state index is -0.507. The Kier molecular flexibility index (Phi) is 4.93. The molecule has 0 saturated carbocycles. The zero-order valence-electron chi connectivity index (χ0n) is 17.1. The van der Waals surface area contributed by atoms with Crippen molar-refractivity contribution < 1.29 is 0 Å². The minimum Gasteiger partial charge on any atom is -0.309 e. The SMILES string of the molecule is Cn1c(=O)c2c(nc(Cl)n2CCCn2c(Cl)nc3c2c(=O)n(C)c(=O)n3C)n(C)c1=O. The van der Waals surface area contributed by atoms with Crippen LogP contribution in [0.2, 0.25) is 10.6 Å². The summed E-state index contributed by atoms with van der Waals surface area (Å²) in [6.45, 7) is 0.537. The van der Waals surface area contributed by atoms with Gasteiger partial charge in [-0.3, -0.25) is 27.9 Å². The van der Waals surface area contributed by atoms with Gasteiger partial charge in [0.15, 0.2) is 22.3 Å². The predicted molar refractivity (Wildman–Crippen MR) is 115 cm³/mol. The molecule has 0 N–H and O–H groups in total. The van der Waals surface area contributed by atoms with Gasteiger partial charge in [0.25, 0.3) is 11.1 Å². The van der Waals surface area contributed by atoms with Crippen LogP contribution < -0.4 is 22.5 Å². The van der Waals surface area contributed by atoms with E-state index < -0.39 is 22.5 Å². The van der Waals surface area contributed by atoms with Crippen molar-refractivity contribution in [2.75, 3.05) is 0 Å². The second-order valence-electron chi connectivity index (χ2n) is 7.17. The number of aryl methyl sites for hydroxylation is 4. The normalized spacial score (nSPS) is 11.8. The van der Waals surface area contributed by atoms with E-state index in [1.165, 1.54) is 46.5 Å². The van der Waals surface area contributed by atoms with Crippen molar-refractivity contribution in [3.05, 3.63) is 52.2 Å². The van der Waals surface area contributed by atoms with Crippen molar-refractivity contribution >= 4 is 45.5 Å². The van der Waals surface area contributed by atoms with E-state index in [4.69, 9.17) is 23.2 Å². The topological polar surface area (TPSA) is 124 Å². The van der Waals surface area contributed by atoms with Gasteiger partial charge < -0.3 is 9.13 Å². The first-order valence-electron chi connectivity index (χ1n) is 9.19. The summed E-state index contributed by atoms with van der Waals surface area (Å²) < 4.78 is 7.51. The first-order valence-corrected chi connectivity index (χ1v) is 9.95. The van der Waals surface area contributed by atoms with Crippen LogP contribution >= 0.6 is 23.2 Å². The Balaban J connectivity index is 1.75. The van der Waals surface area contributed by atoms with E-state index in [2.05, 4.69) is 9.97 Å². The third-order valence-corrected chi connectivity index (χ3v) is 5.94. The highest BCUT2D eigenvalue weighted by Gasteiger charge is 2.20. The maximum atomic E-state index is 12.6. The van der Waals surface area contributed by atoms with Gasteiger partial charge in [0.2, 0.25) is 10.6 Å². The van der Waals surface area contributed by atoms with E-state index in [0.717, 1.165) is 9.13 Å². The molecule has 0 aliphatic heterocycles. The second kappa shape index (κ2) is 7.24. The summed E-state index contributed by atoms with van der Waals surface area (Å²) in [6, 6.07) is 0. The van der Waals surface area contributed by atoms with Crippen LogP contribution in [0.15, 0.2) is 19.2 Å². The number of fused-ring (bicyclic) bond motifs is 2. The molecular weight excluding hydrogens is 451 g/mol. The number of imidazole rings is 2. The largest absolute Gasteiger partial charge is 0.332 e. The molecule has 0 atom stereocenters. The van der Waals surface area contributed by atoms with Gasteiger partial charge in [0.1, 0.15) is 0 Å². The van der Waals surface area contributed by atoms with E-state index in [1.54, 1.807) is 0 Å². The average Bonchev–Trinajstić information content (AvgIpc) is 3.25. The lowest BCUT2D eigenvalue weighted by atomic mass is 10.4. The average molecular weight is 469 g/mol. The van der Waals surface area contributed by atoms with Crippen molar-refractivity contribution in [1.82, 2.24) is 37.4 Å². The molecule has 0 fully saturated rings. The Bertz CT molecular complexity index is 1490. The summed E-state index contributed by atoms with van der Waals surface area (Å²) in [5, 5.41) is 0.126. The first kappa shape index (κ1) is 21.1. The van der Waals surface area contributed by atoms with Gasteiger partial charge in [0.05, 0.1) is 0 Å². The van der Waals surface area contributed by atoms with E-state index in [1.807, 2.05) is 0 Å². The highest BCUT2D eigenvalue weighted by Crippen LogP contribution is 2.19. The second-order valence-corrected chi connectivity index (χ2v) is 7.85. The van der Waals surface area contributed by atoms with Crippen LogP contribution in [-0.4, -0.2) is 37.4 Å². The summed E-state index contributed by atoms with van der Waals surface area (Å²) >= 11 is 12.5. The summed E-state index contributed by atoms with van der Waals surface area (Å²) in [5.41, 5.74) is -1.24. The molecule has 12 nitrogen and oxygen atoms in total. The van der Waals surface area contributed by atoms with Gasteiger partial charge in [-0.2, -0.15) is 9.97 Å². The maximum absolute atomic E-state index is 12.6. The molecule has 4 rings (SSSR count). The molecule has 4 aromatic rings. The van der Waals surface area contributed by atoms with Crippen molar-refractivity contribution in [2.45, 2.75) is 19.5 Å². The Labute approximate surface area is 183 Å². The third-order valence-electron chi connectivity index (χ3n) is 5.37. The van der Waals surface area contributed by atoms with Crippen LogP contribution in [0, 0.1) is 0 Å². The predicted octanol–water partition coefficient (Wildman–Crippen LogP) is -0.422. The summed E-state index contributed by atoms with van der Waals surface area (Å²) in [7, 11) is 5.78. The fraction of sp³-hybridized carbons (Fsp3) is 0.412. The quantitative estimate of drug-likeness (QED) is 0.374. The standard InChI is InChI=1S/C17H18Cl2N8O4/c1-22-10-8(12(28)24(3)16(22)30)26(14(18)20-10)6-5-7-27-9-11(21-15(27)19)23(2)17(31)25(4)13(9)29/h5-7H2,1-4H3. The zero-order valence-corrected chi connectivity index (χ0v) is 18.6. The fourth-order valence-corrected chi connectivity index (χ4v) is 4.13. The number of halogens is 2. The fourth-order valence-electron chi connectivity index (χ4n) is 3.63. The molecule has 0 aromatic carbocycles. The monoisotopic (exact) mass is 468 g/mol. The first-order chi connectivity index (χ1) is 14.6. The molecular formula is C17H18Cl2N8O4. The minimum absolute atomic E-state index is 0.0631. The molecule has 31 heavy (non-hydrogen) atoms. The van der Waals surface area contributed by atoms with Crippen molar-refractivity contribution in [3.8, 4) is 0 Å². The van der Waals surface area contributed by atoms with Crippen molar-refractivity contribution in [1.29, 1.82) is 0 Å². The Morgan fingerprint density at radius 3 is 1.35 bits per heavy atom. The lowest BCUT2D eigenvalue weighted by molar-refractivity contribution is 0.575. The number of hydrogen-bond donors (Lipinski definition) is 0. The number of rotatable bonds is 4. The molecule has 0 radical (unpaired) electrons. The Morgan fingerprint density at radius 1 is 0.645 bits per heavy atom. The van der Waals surface area contributed by atoms with Crippen LogP contribution in [0.5, 0.6) is 0 Å². The van der Waals surface area contributed by atoms with Crippen LogP contribution in [0.4, 0.5) is 0 Å². The Hall–Kier alpha value is -3.12. The molecule has 0 aliphatic carbocycles. The summed E-state index contributed by atoms with van der Waals surface area (Å²) in [6.07, 6.45) is 0.411. The smallest absolute Gasteiger partial charge is 0.309 e. The lowest BCUT2D eigenvalue weighted by Gasteiger charge is -2.09. The van der Waals surface area contributed by atoms with Crippen LogP contribution in [-0.2, 0) is 41.3 Å². The molecule has 4 aromatic heterocycles. The summed E-state index contributed by atoms with van der Waals surface area (Å²) in [5.74, 6) is 0. The van der Waals surface area contributed by atoms with Gasteiger partial charge >= 0.3 is 11.4 Å². The maximum Gasteiger partial charge on any atom is 0.332 e. The zero-order chi connectivity index (χ0) is 22.8. The van der Waals surface area contributed by atoms with Crippen molar-refractivity contribution in [2.24, 2.45) is 28.2 Å². The highest BCUT2D eigenvalue weighted by atomic mass is 35.5. The molecule has 0 spiro atoms. The van der Waals surface area contributed by atoms with Gasteiger partial charge in [-0.15, -0.1) is 0 Å². The highest BCUT2D eigenvalue weighted by molar-refractivity contribution is 6.29. The van der Waals surface area contributed by atoms with E-state index in [9.17, 15) is 19.2 Å². The van der Waals surface area contributed by atoms with Crippen molar-refractivity contribution in [3.63, 3.8) is 0 Å². The van der Waals surface area contributed by atoms with E-state index in [0.29, 0.717) is 6.42 Å². The van der Waals surface area contributed by atoms with Crippen LogP contribution in [0.25, 0.3) is 22.3 Å². The molecule has 0 bridgehead atoms. The van der Waals surface area contributed by atoms with Gasteiger partial charge in [-0.1, -0.05) is 0 Å². The molecule has 4 heterocycles. The molecule has 0 amide bonds. The van der Waals surface area contributed by atoms with Crippen LogP contribution in [0.3, 0.4) is 0 Å². The molecule has 0 saturated heterocycles. The molecule has 14 heteroatoms. The van der Waals surface area contributed by atoms with E-state index in [-0.39, 0.29) is 46.0 Å². The van der Waals surface area contributed by atoms with Gasteiger partial charge in [-0.05, 0) is 29.6 Å². The lowest BCUT2D eigenvalue weighted by Crippen LogP contribution is -2.37. The van der Waals surface area contributed by atoms with Gasteiger partial charge in [-0.25, -0.2) is 9.59 Å². The number of aromatic nitrogens is 8. The molecule has 0 unspecified atom stereocenters. The number of hydrogen-bond acceptors (Lipinski definition) is 6. The number of nitrogens with zero attached hydrogens (tertiary/aromatic N) is 8. The van der Waals surface area contributed by atoms with Gasteiger partial charge in [0, 0.05) is 41.3 Å². The molecule has 164 valence electrons. The van der Waals surface area contributed by atoms with Crippen LogP contribution in [0.1, 0.15) is 6.42 Å². The van der Waals surface area contributed by atoms with E-state index >= 15 is 0 Å². The Morgan fingerprint density at radius 2 is 1.00 bits per heavy atom.